The normalized spacial score (nSPS) is 14.7. The fourth-order valence-electron chi connectivity index (χ4n) is 1.09. The monoisotopic (exact) mass is 209 g/mol. The molecule has 0 spiro atoms. The summed E-state index contributed by atoms with van der Waals surface area (Å²) in [7, 11) is 0. The third kappa shape index (κ3) is 3.83. The van der Waals surface area contributed by atoms with Crippen LogP contribution >= 0.6 is 0 Å². The zero-order valence-electron chi connectivity index (χ0n) is 9.62. The fourth-order valence-corrected chi connectivity index (χ4v) is 1.09. The Morgan fingerprint density at radius 1 is 1.40 bits per heavy atom. The molecule has 84 valence electrons. The zero-order valence-corrected chi connectivity index (χ0v) is 9.62. The van der Waals surface area contributed by atoms with Crippen LogP contribution in [-0.4, -0.2) is 27.2 Å². The number of rotatable bonds is 5. The number of hydrogen-bond acceptors (Lipinski definition) is 4. The van der Waals surface area contributed by atoms with Gasteiger partial charge in [0.25, 0.3) is 0 Å². The second kappa shape index (κ2) is 5.07. The van der Waals surface area contributed by atoms with Gasteiger partial charge in [-0.15, -0.1) is 0 Å². The van der Waals surface area contributed by atoms with E-state index in [0.717, 1.165) is 17.9 Å². The number of aryl methyl sites for hydroxylation is 1. The smallest absolute Gasteiger partial charge is 0.129 e. The average molecular weight is 209 g/mol. The van der Waals surface area contributed by atoms with Crippen molar-refractivity contribution in [3.63, 3.8) is 0 Å². The Hall–Kier alpha value is -1.16. The van der Waals surface area contributed by atoms with E-state index in [2.05, 4.69) is 15.3 Å². The van der Waals surface area contributed by atoms with Crippen molar-refractivity contribution in [2.75, 3.05) is 11.9 Å². The Kier molecular flexibility index (Phi) is 4.03. The molecule has 0 fully saturated rings. The molecule has 0 amide bonds. The van der Waals surface area contributed by atoms with Crippen LogP contribution in [0.25, 0.3) is 0 Å². The lowest BCUT2D eigenvalue weighted by molar-refractivity contribution is 0.0696. The van der Waals surface area contributed by atoms with Crippen LogP contribution in [0, 0.1) is 0 Å². The van der Waals surface area contributed by atoms with Crippen LogP contribution in [0.4, 0.5) is 5.82 Å². The number of aromatic nitrogens is 2. The van der Waals surface area contributed by atoms with Gasteiger partial charge in [0.15, 0.2) is 0 Å². The molecule has 0 saturated heterocycles. The Morgan fingerprint density at radius 3 is 2.73 bits per heavy atom. The Labute approximate surface area is 90.8 Å². The Bertz CT molecular complexity index is 312. The second-order valence-corrected chi connectivity index (χ2v) is 3.95. The van der Waals surface area contributed by atoms with Gasteiger partial charge in [0.05, 0.1) is 5.60 Å². The molecule has 4 nitrogen and oxygen atoms in total. The van der Waals surface area contributed by atoms with Crippen LogP contribution < -0.4 is 5.32 Å². The molecule has 0 aliphatic carbocycles. The first kappa shape index (κ1) is 11.9. The molecule has 0 radical (unpaired) electrons. The van der Waals surface area contributed by atoms with E-state index in [4.69, 9.17) is 0 Å². The van der Waals surface area contributed by atoms with Gasteiger partial charge in [-0.3, -0.25) is 0 Å². The summed E-state index contributed by atoms with van der Waals surface area (Å²) < 4.78 is 0. The maximum Gasteiger partial charge on any atom is 0.129 e. The lowest BCUT2D eigenvalue weighted by Gasteiger charge is -2.21. The lowest BCUT2D eigenvalue weighted by Crippen LogP contribution is -2.32. The minimum Gasteiger partial charge on any atom is -0.388 e. The summed E-state index contributed by atoms with van der Waals surface area (Å²) in [6.45, 7) is 6.32. The molecule has 1 unspecified atom stereocenters. The first-order valence-electron chi connectivity index (χ1n) is 5.34. The van der Waals surface area contributed by atoms with E-state index in [1.54, 1.807) is 6.33 Å². The molecular weight excluding hydrogens is 190 g/mol. The summed E-state index contributed by atoms with van der Waals surface area (Å²) in [4.78, 5) is 8.20. The number of nitrogens with one attached hydrogen (secondary N) is 1. The lowest BCUT2D eigenvalue weighted by atomic mass is 10.0. The largest absolute Gasteiger partial charge is 0.388 e. The summed E-state index contributed by atoms with van der Waals surface area (Å²) in [5, 5.41) is 12.9. The molecule has 1 rings (SSSR count). The van der Waals surface area contributed by atoms with Crippen molar-refractivity contribution in [3.8, 4) is 0 Å². The maximum atomic E-state index is 9.81. The Balaban J connectivity index is 2.57. The maximum absolute atomic E-state index is 9.81. The molecule has 0 aliphatic heterocycles. The van der Waals surface area contributed by atoms with E-state index in [1.165, 1.54) is 0 Å². The average Bonchev–Trinajstić information content (AvgIpc) is 2.27. The second-order valence-electron chi connectivity index (χ2n) is 3.95. The molecule has 1 aromatic rings. The van der Waals surface area contributed by atoms with Gasteiger partial charge in [-0.25, -0.2) is 9.97 Å². The fraction of sp³-hybridized carbons (Fsp3) is 0.636. The van der Waals surface area contributed by atoms with Crippen molar-refractivity contribution in [1.82, 2.24) is 9.97 Å². The van der Waals surface area contributed by atoms with Gasteiger partial charge >= 0.3 is 0 Å². The standard InChI is InChI=1S/C11H19N3O/c1-4-9-6-10(14-8-13-9)12-7-11(3,15)5-2/h6,8,15H,4-5,7H2,1-3H3,(H,12,13,14). The van der Waals surface area contributed by atoms with Gasteiger partial charge in [0.1, 0.15) is 12.1 Å². The van der Waals surface area contributed by atoms with Gasteiger partial charge in [0.2, 0.25) is 0 Å². The van der Waals surface area contributed by atoms with Gasteiger partial charge in [-0.1, -0.05) is 13.8 Å². The van der Waals surface area contributed by atoms with Crippen molar-refractivity contribution < 1.29 is 5.11 Å². The third-order valence-electron chi connectivity index (χ3n) is 2.50. The molecule has 15 heavy (non-hydrogen) atoms. The van der Waals surface area contributed by atoms with E-state index in [1.807, 2.05) is 26.8 Å². The van der Waals surface area contributed by atoms with Crippen LogP contribution in [0.5, 0.6) is 0 Å². The highest BCUT2D eigenvalue weighted by atomic mass is 16.3. The quantitative estimate of drug-likeness (QED) is 0.773. The highest BCUT2D eigenvalue weighted by molar-refractivity contribution is 5.35. The van der Waals surface area contributed by atoms with Crippen LogP contribution in [0.1, 0.15) is 32.9 Å². The van der Waals surface area contributed by atoms with Crippen LogP contribution in [0.15, 0.2) is 12.4 Å². The van der Waals surface area contributed by atoms with E-state index in [-0.39, 0.29) is 0 Å². The molecule has 0 bridgehead atoms. The SMILES string of the molecule is CCc1cc(NCC(C)(O)CC)ncn1. The highest BCUT2D eigenvalue weighted by Crippen LogP contribution is 2.10. The van der Waals surface area contributed by atoms with Crippen molar-refractivity contribution in [1.29, 1.82) is 0 Å². The summed E-state index contributed by atoms with van der Waals surface area (Å²) in [6.07, 6.45) is 3.15. The molecule has 0 aromatic carbocycles. The van der Waals surface area contributed by atoms with Crippen molar-refractivity contribution in [3.05, 3.63) is 18.1 Å². The molecule has 1 aromatic heterocycles. The van der Waals surface area contributed by atoms with Crippen LogP contribution in [-0.2, 0) is 6.42 Å². The van der Waals surface area contributed by atoms with Gasteiger partial charge in [-0.2, -0.15) is 0 Å². The summed E-state index contributed by atoms with van der Waals surface area (Å²) >= 11 is 0. The van der Waals surface area contributed by atoms with E-state index >= 15 is 0 Å². The molecular formula is C11H19N3O. The molecule has 1 atom stereocenters. The zero-order chi connectivity index (χ0) is 11.3. The molecule has 2 N–H and O–H groups in total. The third-order valence-corrected chi connectivity index (χ3v) is 2.50. The van der Waals surface area contributed by atoms with Gasteiger partial charge in [0, 0.05) is 18.3 Å². The molecule has 0 saturated carbocycles. The summed E-state index contributed by atoms with van der Waals surface area (Å²) in [5.41, 5.74) is 0.320. The van der Waals surface area contributed by atoms with Crippen molar-refractivity contribution in [2.45, 2.75) is 39.2 Å². The van der Waals surface area contributed by atoms with E-state index in [9.17, 15) is 5.11 Å². The number of anilines is 1. The van der Waals surface area contributed by atoms with E-state index < -0.39 is 5.60 Å². The minimum atomic E-state index is -0.683. The molecule has 0 aliphatic rings. The summed E-state index contributed by atoms with van der Waals surface area (Å²) in [5.74, 6) is 0.774. The molecule has 1 heterocycles. The highest BCUT2D eigenvalue weighted by Gasteiger charge is 2.16. The predicted octanol–water partition coefficient (Wildman–Crippen LogP) is 1.61. The first-order valence-corrected chi connectivity index (χ1v) is 5.34. The van der Waals surface area contributed by atoms with Gasteiger partial charge in [-0.05, 0) is 19.8 Å². The van der Waals surface area contributed by atoms with Crippen LogP contribution in [0.2, 0.25) is 0 Å². The first-order chi connectivity index (χ1) is 7.07. The molecule has 4 heteroatoms. The van der Waals surface area contributed by atoms with Crippen molar-refractivity contribution >= 4 is 5.82 Å². The van der Waals surface area contributed by atoms with E-state index in [0.29, 0.717) is 13.0 Å². The number of nitrogens with zero attached hydrogens (tertiary/aromatic N) is 2. The summed E-state index contributed by atoms with van der Waals surface area (Å²) in [6, 6.07) is 1.91. The van der Waals surface area contributed by atoms with Crippen molar-refractivity contribution in [2.24, 2.45) is 0 Å². The van der Waals surface area contributed by atoms with Crippen LogP contribution in [0.3, 0.4) is 0 Å². The minimum absolute atomic E-state index is 0.504. The van der Waals surface area contributed by atoms with Gasteiger partial charge < -0.3 is 10.4 Å². The Morgan fingerprint density at radius 2 is 2.13 bits per heavy atom. The number of aliphatic hydroxyl groups is 1. The topological polar surface area (TPSA) is 58.0 Å². The number of hydrogen-bond donors (Lipinski definition) is 2. The predicted molar refractivity (Wildman–Crippen MR) is 60.8 cm³/mol.